The first-order valence-corrected chi connectivity index (χ1v) is 7.57. The summed E-state index contributed by atoms with van der Waals surface area (Å²) in [5, 5.41) is 0. The predicted molar refractivity (Wildman–Crippen MR) is 51.3 cm³/mol. The van der Waals surface area contributed by atoms with Crippen LogP contribution in [0.25, 0.3) is 0 Å². The normalized spacial score (nSPS) is 26.5. The summed E-state index contributed by atoms with van der Waals surface area (Å²) in [6, 6.07) is 0. The Morgan fingerprint density at radius 2 is 2.18 bits per heavy atom. The van der Waals surface area contributed by atoms with Crippen molar-refractivity contribution in [2.24, 2.45) is 0 Å². The average Bonchev–Trinajstić information content (AvgIpc) is 2.06. The van der Waals surface area contributed by atoms with Gasteiger partial charge < -0.3 is 4.74 Å². The molecule has 1 nitrogen and oxygen atoms in total. The molecule has 0 amide bonds. The van der Waals surface area contributed by atoms with Gasteiger partial charge in [0.1, 0.15) is 8.07 Å². The fraction of sp³-hybridized carbons (Fsp3) is 0.778. The van der Waals surface area contributed by atoms with E-state index in [-0.39, 0.29) is 0 Å². The minimum atomic E-state index is -1.23. The SMILES string of the molecule is C=C[Si](C)(C)C1CCCCO1. The van der Waals surface area contributed by atoms with Gasteiger partial charge in [-0.25, -0.2) is 0 Å². The van der Waals surface area contributed by atoms with Gasteiger partial charge in [-0.2, -0.15) is 0 Å². The summed E-state index contributed by atoms with van der Waals surface area (Å²) < 4.78 is 5.72. The van der Waals surface area contributed by atoms with Gasteiger partial charge in [0.15, 0.2) is 0 Å². The molecule has 0 bridgehead atoms. The van der Waals surface area contributed by atoms with Crippen molar-refractivity contribution in [2.45, 2.75) is 38.1 Å². The zero-order valence-electron chi connectivity index (χ0n) is 7.60. The molecule has 0 aliphatic carbocycles. The topological polar surface area (TPSA) is 9.23 Å². The lowest BCUT2D eigenvalue weighted by atomic mass is 10.2. The Balaban J connectivity index is 2.50. The highest BCUT2D eigenvalue weighted by Crippen LogP contribution is 2.22. The van der Waals surface area contributed by atoms with E-state index in [1.54, 1.807) is 0 Å². The van der Waals surface area contributed by atoms with Crippen LogP contribution >= 0.6 is 0 Å². The molecule has 1 aliphatic heterocycles. The molecule has 1 atom stereocenters. The van der Waals surface area contributed by atoms with Gasteiger partial charge in [0.2, 0.25) is 0 Å². The van der Waals surface area contributed by atoms with Crippen LogP contribution in [-0.2, 0) is 4.74 Å². The molecule has 0 spiro atoms. The summed E-state index contributed by atoms with van der Waals surface area (Å²) in [5.41, 5.74) is 2.68. The van der Waals surface area contributed by atoms with Crippen molar-refractivity contribution in [2.75, 3.05) is 6.61 Å². The summed E-state index contributed by atoms with van der Waals surface area (Å²) >= 11 is 0. The Bertz CT molecular complexity index is 136. The van der Waals surface area contributed by atoms with E-state index < -0.39 is 8.07 Å². The largest absolute Gasteiger partial charge is 0.381 e. The van der Waals surface area contributed by atoms with Crippen molar-refractivity contribution in [1.29, 1.82) is 0 Å². The average molecular weight is 170 g/mol. The molecule has 64 valence electrons. The zero-order valence-corrected chi connectivity index (χ0v) is 8.60. The molecule has 11 heavy (non-hydrogen) atoms. The molecule has 0 saturated carbocycles. The highest BCUT2D eigenvalue weighted by atomic mass is 28.3. The summed E-state index contributed by atoms with van der Waals surface area (Å²) in [6.45, 7) is 9.52. The van der Waals surface area contributed by atoms with E-state index in [1.807, 2.05) is 0 Å². The van der Waals surface area contributed by atoms with Gasteiger partial charge in [-0.15, -0.1) is 6.58 Å². The highest BCUT2D eigenvalue weighted by Gasteiger charge is 2.30. The summed E-state index contributed by atoms with van der Waals surface area (Å²) in [7, 11) is -1.23. The second kappa shape index (κ2) is 3.54. The monoisotopic (exact) mass is 170 g/mol. The van der Waals surface area contributed by atoms with Crippen LogP contribution in [0.4, 0.5) is 0 Å². The zero-order chi connectivity index (χ0) is 8.32. The molecule has 1 unspecified atom stereocenters. The van der Waals surface area contributed by atoms with E-state index >= 15 is 0 Å². The Labute approximate surface area is 70.5 Å². The molecule has 1 fully saturated rings. The van der Waals surface area contributed by atoms with Crippen LogP contribution in [0, 0.1) is 0 Å². The number of ether oxygens (including phenoxy) is 1. The first-order valence-electron chi connectivity index (χ1n) is 4.42. The van der Waals surface area contributed by atoms with Crippen LogP contribution in [0.3, 0.4) is 0 Å². The first kappa shape index (κ1) is 9.01. The van der Waals surface area contributed by atoms with Gasteiger partial charge in [-0.1, -0.05) is 18.8 Å². The molecule has 0 aromatic rings. The lowest BCUT2D eigenvalue weighted by Crippen LogP contribution is -2.43. The Hall–Kier alpha value is -0.0831. The number of hydrogen-bond acceptors (Lipinski definition) is 1. The predicted octanol–water partition coefficient (Wildman–Crippen LogP) is 2.53. The number of rotatable bonds is 2. The van der Waals surface area contributed by atoms with Crippen molar-refractivity contribution in [3.63, 3.8) is 0 Å². The van der Waals surface area contributed by atoms with E-state index in [4.69, 9.17) is 4.74 Å². The molecule has 2 heteroatoms. The Kier molecular flexibility index (Phi) is 2.90. The highest BCUT2D eigenvalue weighted by molar-refractivity contribution is 6.83. The Morgan fingerprint density at radius 3 is 2.64 bits per heavy atom. The van der Waals surface area contributed by atoms with Gasteiger partial charge >= 0.3 is 0 Å². The van der Waals surface area contributed by atoms with Crippen molar-refractivity contribution in [3.8, 4) is 0 Å². The third-order valence-corrected chi connectivity index (χ3v) is 5.70. The molecule has 1 aliphatic rings. The molecule has 1 saturated heterocycles. The van der Waals surface area contributed by atoms with E-state index in [2.05, 4.69) is 25.4 Å². The standard InChI is InChI=1S/C9H18OSi/c1-4-11(2,3)9-7-5-6-8-10-9/h4,9H,1,5-8H2,2-3H3. The minimum absolute atomic E-state index is 0.536. The maximum absolute atomic E-state index is 5.72. The molecule has 0 N–H and O–H groups in total. The first-order chi connectivity index (χ1) is 5.17. The Morgan fingerprint density at radius 1 is 1.45 bits per heavy atom. The van der Waals surface area contributed by atoms with E-state index in [9.17, 15) is 0 Å². The van der Waals surface area contributed by atoms with Crippen molar-refractivity contribution < 1.29 is 4.74 Å². The van der Waals surface area contributed by atoms with Crippen molar-refractivity contribution >= 4 is 8.07 Å². The molecule has 0 radical (unpaired) electrons. The summed E-state index contributed by atoms with van der Waals surface area (Å²) in [4.78, 5) is 0. The molecule has 0 aromatic carbocycles. The number of hydrogen-bond donors (Lipinski definition) is 0. The lowest BCUT2D eigenvalue weighted by Gasteiger charge is -2.32. The molecule has 1 heterocycles. The van der Waals surface area contributed by atoms with Gasteiger partial charge in [-0.05, 0) is 19.3 Å². The second-order valence-electron chi connectivity index (χ2n) is 3.88. The molecular weight excluding hydrogens is 152 g/mol. The van der Waals surface area contributed by atoms with Crippen LogP contribution in [0.15, 0.2) is 12.3 Å². The van der Waals surface area contributed by atoms with Crippen molar-refractivity contribution in [1.82, 2.24) is 0 Å². The maximum atomic E-state index is 5.72. The van der Waals surface area contributed by atoms with Gasteiger partial charge in [0.05, 0.1) is 5.73 Å². The quantitative estimate of drug-likeness (QED) is 0.579. The minimum Gasteiger partial charge on any atom is -0.381 e. The van der Waals surface area contributed by atoms with Crippen LogP contribution in [0.5, 0.6) is 0 Å². The van der Waals surface area contributed by atoms with E-state index in [1.165, 1.54) is 19.3 Å². The van der Waals surface area contributed by atoms with Gasteiger partial charge in [0.25, 0.3) is 0 Å². The molecule has 1 rings (SSSR count). The molecular formula is C9H18OSi. The summed E-state index contributed by atoms with van der Waals surface area (Å²) in [5.74, 6) is 0. The van der Waals surface area contributed by atoms with Crippen LogP contribution < -0.4 is 0 Å². The maximum Gasteiger partial charge on any atom is 0.104 e. The van der Waals surface area contributed by atoms with Crippen LogP contribution in [0.1, 0.15) is 19.3 Å². The summed E-state index contributed by atoms with van der Waals surface area (Å²) in [6.07, 6.45) is 3.85. The van der Waals surface area contributed by atoms with Crippen LogP contribution in [-0.4, -0.2) is 20.4 Å². The third-order valence-electron chi connectivity index (χ3n) is 2.54. The van der Waals surface area contributed by atoms with Crippen molar-refractivity contribution in [3.05, 3.63) is 12.3 Å². The smallest absolute Gasteiger partial charge is 0.104 e. The van der Waals surface area contributed by atoms with E-state index in [0.29, 0.717) is 5.73 Å². The van der Waals surface area contributed by atoms with Gasteiger partial charge in [0, 0.05) is 6.61 Å². The van der Waals surface area contributed by atoms with Gasteiger partial charge in [-0.3, -0.25) is 0 Å². The molecule has 0 aromatic heterocycles. The van der Waals surface area contributed by atoms with E-state index in [0.717, 1.165) is 6.61 Å². The lowest BCUT2D eigenvalue weighted by molar-refractivity contribution is 0.0610. The third kappa shape index (κ3) is 2.17. The fourth-order valence-electron chi connectivity index (χ4n) is 1.46. The second-order valence-corrected chi connectivity index (χ2v) is 8.58. The van der Waals surface area contributed by atoms with Crippen LogP contribution in [0.2, 0.25) is 13.1 Å². The fourth-order valence-corrected chi connectivity index (χ4v) is 3.22.